The zero-order chi connectivity index (χ0) is 13.2. The van der Waals surface area contributed by atoms with Crippen molar-refractivity contribution in [2.24, 2.45) is 0 Å². The van der Waals surface area contributed by atoms with Crippen LogP contribution in [0.15, 0.2) is 30.3 Å². The van der Waals surface area contributed by atoms with Crippen molar-refractivity contribution >= 4 is 13.4 Å². The van der Waals surface area contributed by atoms with E-state index in [1.807, 2.05) is 60.4 Å². The summed E-state index contributed by atoms with van der Waals surface area (Å²) in [6, 6.07) is 9.86. The molecule has 1 fully saturated rings. The fraction of sp³-hybridized carbons (Fsp3) is 0.538. The van der Waals surface area contributed by atoms with Gasteiger partial charge in [-0.15, -0.1) is 0 Å². The molecule has 5 heteroatoms. The van der Waals surface area contributed by atoms with Crippen molar-refractivity contribution in [2.75, 3.05) is 24.3 Å². The van der Waals surface area contributed by atoms with E-state index in [0.29, 0.717) is 6.54 Å². The zero-order valence-electron chi connectivity index (χ0n) is 11.2. The number of hydrogen-bond donors (Lipinski definition) is 0. The topological polar surface area (TPSA) is 32.8 Å². The fourth-order valence-corrected chi connectivity index (χ4v) is 4.99. The molecule has 1 saturated heterocycles. The second-order valence-corrected chi connectivity index (χ2v) is 6.70. The number of anilines is 1. The maximum atomic E-state index is 13.1. The van der Waals surface area contributed by atoms with Gasteiger partial charge in [0, 0.05) is 18.8 Å². The number of para-hydroxylation sites is 1. The highest BCUT2D eigenvalue weighted by atomic mass is 31.2. The van der Waals surface area contributed by atoms with Crippen LogP contribution in [-0.2, 0) is 9.09 Å². The molecule has 4 nitrogen and oxygen atoms in total. The Morgan fingerprint density at radius 3 is 2.50 bits per heavy atom. The van der Waals surface area contributed by atoms with E-state index in [1.54, 1.807) is 0 Å². The molecule has 100 valence electrons. The standard InChI is InChI=1S/C13H21N2O2P/c1-4-14(5-2)18(16)15(11-12(3)17-18)13-9-7-6-8-10-13/h6-10,12H,4-5,11H2,1-3H3. The van der Waals surface area contributed by atoms with Gasteiger partial charge in [0.25, 0.3) is 0 Å². The summed E-state index contributed by atoms with van der Waals surface area (Å²) >= 11 is 0. The lowest BCUT2D eigenvalue weighted by atomic mass is 10.3. The first-order chi connectivity index (χ1) is 8.61. The Hall–Kier alpha value is -0.830. The van der Waals surface area contributed by atoms with Crippen LogP contribution in [0.5, 0.6) is 0 Å². The molecule has 2 unspecified atom stereocenters. The number of benzene rings is 1. The Morgan fingerprint density at radius 1 is 1.33 bits per heavy atom. The van der Waals surface area contributed by atoms with Gasteiger partial charge >= 0.3 is 7.67 Å². The van der Waals surface area contributed by atoms with Gasteiger partial charge in [-0.25, -0.2) is 9.24 Å². The summed E-state index contributed by atoms with van der Waals surface area (Å²) in [4.78, 5) is 0. The second-order valence-electron chi connectivity index (χ2n) is 4.46. The third-order valence-electron chi connectivity index (χ3n) is 3.19. The van der Waals surface area contributed by atoms with Gasteiger partial charge in [0.15, 0.2) is 0 Å². The molecule has 1 aliphatic heterocycles. The lowest BCUT2D eigenvalue weighted by Crippen LogP contribution is -2.28. The van der Waals surface area contributed by atoms with E-state index in [1.165, 1.54) is 0 Å². The molecule has 0 bridgehead atoms. The van der Waals surface area contributed by atoms with Crippen LogP contribution in [0, 0.1) is 0 Å². The van der Waals surface area contributed by atoms with Crippen LogP contribution in [0.1, 0.15) is 20.8 Å². The van der Waals surface area contributed by atoms with Gasteiger partial charge in [-0.2, -0.15) is 0 Å². The number of hydrogen-bond acceptors (Lipinski definition) is 2. The molecule has 1 heterocycles. The van der Waals surface area contributed by atoms with Gasteiger partial charge in [0.05, 0.1) is 12.6 Å². The molecule has 0 spiro atoms. The Kier molecular flexibility index (Phi) is 4.10. The summed E-state index contributed by atoms with van der Waals surface area (Å²) in [5.41, 5.74) is 0.970. The predicted molar refractivity (Wildman–Crippen MR) is 74.9 cm³/mol. The normalized spacial score (nSPS) is 28.0. The van der Waals surface area contributed by atoms with Crippen LogP contribution in [0.2, 0.25) is 0 Å². The Balaban J connectivity index is 2.36. The second kappa shape index (κ2) is 5.43. The van der Waals surface area contributed by atoms with Crippen LogP contribution in [0.4, 0.5) is 5.69 Å². The maximum absolute atomic E-state index is 13.1. The van der Waals surface area contributed by atoms with Crippen molar-refractivity contribution in [2.45, 2.75) is 26.9 Å². The molecule has 0 aromatic heterocycles. The van der Waals surface area contributed by atoms with Crippen molar-refractivity contribution in [1.82, 2.24) is 4.67 Å². The largest absolute Gasteiger partial charge is 0.371 e. The van der Waals surface area contributed by atoms with Crippen LogP contribution in [0.25, 0.3) is 0 Å². The summed E-state index contributed by atoms with van der Waals surface area (Å²) in [7, 11) is -2.90. The van der Waals surface area contributed by atoms with Gasteiger partial charge < -0.3 is 0 Å². The van der Waals surface area contributed by atoms with Crippen molar-refractivity contribution in [3.63, 3.8) is 0 Å². The molecule has 1 aliphatic rings. The smallest absolute Gasteiger partial charge is 0.297 e. The molecule has 0 amide bonds. The van der Waals surface area contributed by atoms with Gasteiger partial charge in [-0.1, -0.05) is 32.0 Å². The van der Waals surface area contributed by atoms with Crippen molar-refractivity contribution < 1.29 is 9.09 Å². The maximum Gasteiger partial charge on any atom is 0.371 e. The molecule has 0 aliphatic carbocycles. The van der Waals surface area contributed by atoms with Crippen molar-refractivity contribution in [3.8, 4) is 0 Å². The van der Waals surface area contributed by atoms with Crippen LogP contribution in [-0.4, -0.2) is 30.4 Å². The Morgan fingerprint density at radius 2 is 1.94 bits per heavy atom. The van der Waals surface area contributed by atoms with E-state index in [9.17, 15) is 4.57 Å². The fourth-order valence-electron chi connectivity index (χ4n) is 2.32. The van der Waals surface area contributed by atoms with Gasteiger partial charge in [0.1, 0.15) is 0 Å². The molecule has 18 heavy (non-hydrogen) atoms. The molecular formula is C13H21N2O2P. The molecule has 0 saturated carbocycles. The van der Waals surface area contributed by atoms with E-state index < -0.39 is 7.67 Å². The zero-order valence-corrected chi connectivity index (χ0v) is 12.1. The summed E-state index contributed by atoms with van der Waals surface area (Å²) < 4.78 is 22.8. The van der Waals surface area contributed by atoms with Crippen molar-refractivity contribution in [3.05, 3.63) is 30.3 Å². The lowest BCUT2D eigenvalue weighted by molar-refractivity contribution is 0.235. The van der Waals surface area contributed by atoms with E-state index >= 15 is 0 Å². The van der Waals surface area contributed by atoms with Gasteiger partial charge in [0.2, 0.25) is 0 Å². The average Bonchev–Trinajstić information content (AvgIpc) is 2.68. The predicted octanol–water partition coefficient (Wildman–Crippen LogP) is 3.36. The first-order valence-corrected chi connectivity index (χ1v) is 8.01. The lowest BCUT2D eigenvalue weighted by Gasteiger charge is -2.32. The van der Waals surface area contributed by atoms with E-state index in [2.05, 4.69) is 0 Å². The third kappa shape index (κ3) is 2.33. The Bertz CT molecular complexity index is 434. The van der Waals surface area contributed by atoms with E-state index in [-0.39, 0.29) is 6.10 Å². The highest BCUT2D eigenvalue weighted by Crippen LogP contribution is 2.60. The van der Waals surface area contributed by atoms with E-state index in [4.69, 9.17) is 4.52 Å². The SMILES string of the molecule is CCN(CC)P1(=O)OC(C)CN1c1ccccc1. The quantitative estimate of drug-likeness (QED) is 0.784. The molecule has 1 aromatic carbocycles. The first-order valence-electron chi connectivity index (χ1n) is 6.48. The minimum absolute atomic E-state index is 0.00311. The van der Waals surface area contributed by atoms with Gasteiger partial charge in [-0.3, -0.25) is 9.19 Å². The molecule has 0 radical (unpaired) electrons. The highest BCUT2D eigenvalue weighted by molar-refractivity contribution is 7.58. The molecule has 0 N–H and O–H groups in total. The highest BCUT2D eigenvalue weighted by Gasteiger charge is 2.45. The summed E-state index contributed by atoms with van der Waals surface area (Å²) in [6.07, 6.45) is -0.00311. The summed E-state index contributed by atoms with van der Waals surface area (Å²) in [5.74, 6) is 0. The number of nitrogens with zero attached hydrogens (tertiary/aromatic N) is 2. The molecule has 2 rings (SSSR count). The average molecular weight is 268 g/mol. The van der Waals surface area contributed by atoms with Crippen LogP contribution >= 0.6 is 7.67 Å². The van der Waals surface area contributed by atoms with Crippen LogP contribution < -0.4 is 4.67 Å². The van der Waals surface area contributed by atoms with Crippen molar-refractivity contribution in [1.29, 1.82) is 0 Å². The first kappa shape index (κ1) is 13.6. The third-order valence-corrected chi connectivity index (χ3v) is 6.11. The van der Waals surface area contributed by atoms with E-state index in [0.717, 1.165) is 18.8 Å². The Labute approximate surface area is 109 Å². The molecule has 2 atom stereocenters. The minimum Gasteiger partial charge on any atom is -0.297 e. The molecule has 1 aromatic rings. The molecular weight excluding hydrogens is 247 g/mol. The number of rotatable bonds is 4. The minimum atomic E-state index is -2.90. The van der Waals surface area contributed by atoms with Gasteiger partial charge in [-0.05, 0) is 19.1 Å². The monoisotopic (exact) mass is 268 g/mol. The summed E-state index contributed by atoms with van der Waals surface area (Å²) in [6.45, 7) is 8.13. The van der Waals surface area contributed by atoms with Crippen LogP contribution in [0.3, 0.4) is 0 Å². The summed E-state index contributed by atoms with van der Waals surface area (Å²) in [5, 5.41) is 0.